The molecule has 5 nitrogen and oxygen atoms in total. The average Bonchev–Trinajstić information content (AvgIpc) is 3.33. The minimum absolute atomic E-state index is 0.0549. The molecule has 1 aliphatic carbocycles. The number of anilines is 1. The fourth-order valence-corrected chi connectivity index (χ4v) is 6.16. The number of aromatic nitrogens is 2. The van der Waals surface area contributed by atoms with Gasteiger partial charge in [0.05, 0.1) is 10.6 Å². The maximum absolute atomic E-state index is 13.9. The van der Waals surface area contributed by atoms with Crippen molar-refractivity contribution >= 4 is 44.9 Å². The number of halogens is 2. The Morgan fingerprint density at radius 1 is 1.28 bits per heavy atom. The fraction of sp³-hybridized carbons (Fsp3) is 0.435. The van der Waals surface area contributed by atoms with E-state index in [0.717, 1.165) is 68.0 Å². The summed E-state index contributed by atoms with van der Waals surface area (Å²) in [6.07, 6.45) is 5.78. The highest BCUT2D eigenvalue weighted by atomic mass is 32.2. The number of unbranched alkanes of at least 4 members (excludes halogenated alkanes) is 2. The molecule has 0 aliphatic heterocycles. The van der Waals surface area contributed by atoms with Gasteiger partial charge in [0.15, 0.2) is 5.16 Å². The lowest BCUT2D eigenvalue weighted by Gasteiger charge is -2.16. The Balaban J connectivity index is 1.64. The highest BCUT2D eigenvalue weighted by Gasteiger charge is 2.25. The maximum atomic E-state index is 13.9. The molecule has 1 amide bonds. The number of carbonyl (C=O) groups is 1. The number of hydrogen-bond acceptors (Lipinski definition) is 5. The van der Waals surface area contributed by atoms with Crippen molar-refractivity contribution in [3.8, 4) is 0 Å². The molecule has 9 heteroatoms. The second-order valence-corrected chi connectivity index (χ2v) is 10.3. The first-order valence-corrected chi connectivity index (χ1v) is 12.6. The van der Waals surface area contributed by atoms with Crippen LogP contribution in [0.2, 0.25) is 0 Å². The molecule has 1 atom stereocenters. The Hall–Kier alpha value is -2.26. The third kappa shape index (κ3) is 4.45. The van der Waals surface area contributed by atoms with Crippen LogP contribution in [0.25, 0.3) is 10.2 Å². The number of rotatable bonds is 8. The Morgan fingerprint density at radius 3 is 2.75 bits per heavy atom. The number of benzene rings is 1. The number of nitrogens with one attached hydrogen (secondary N) is 1. The summed E-state index contributed by atoms with van der Waals surface area (Å²) < 4.78 is 29.5. The molecular weight excluding hydrogens is 452 g/mol. The molecular formula is C23H25F2N3O2S2. The molecule has 1 unspecified atom stereocenters. The molecule has 0 radical (unpaired) electrons. The van der Waals surface area contributed by atoms with Gasteiger partial charge in [-0.1, -0.05) is 37.6 Å². The lowest BCUT2D eigenvalue weighted by atomic mass is 10.2. The van der Waals surface area contributed by atoms with Crippen molar-refractivity contribution in [1.82, 2.24) is 9.55 Å². The fourth-order valence-electron chi connectivity index (χ4n) is 3.92. The van der Waals surface area contributed by atoms with Crippen molar-refractivity contribution in [3.63, 3.8) is 0 Å². The van der Waals surface area contributed by atoms with Crippen LogP contribution in [0.5, 0.6) is 0 Å². The predicted octanol–water partition coefficient (Wildman–Crippen LogP) is 5.53. The van der Waals surface area contributed by atoms with Gasteiger partial charge in [-0.2, -0.15) is 0 Å². The zero-order valence-corrected chi connectivity index (χ0v) is 19.7. The summed E-state index contributed by atoms with van der Waals surface area (Å²) in [4.78, 5) is 32.8. The minimum atomic E-state index is -0.834. The molecule has 0 fully saturated rings. The molecule has 1 N–H and O–H groups in total. The number of hydrogen-bond donors (Lipinski definition) is 1. The monoisotopic (exact) mass is 477 g/mol. The highest BCUT2D eigenvalue weighted by Crippen LogP contribution is 2.36. The number of nitrogens with zero attached hydrogens (tertiary/aromatic N) is 2. The molecule has 1 aromatic carbocycles. The molecule has 0 saturated carbocycles. The van der Waals surface area contributed by atoms with E-state index in [1.54, 1.807) is 22.8 Å². The van der Waals surface area contributed by atoms with Crippen molar-refractivity contribution in [2.45, 2.75) is 69.3 Å². The van der Waals surface area contributed by atoms with E-state index in [9.17, 15) is 18.4 Å². The van der Waals surface area contributed by atoms with E-state index in [2.05, 4.69) is 12.2 Å². The van der Waals surface area contributed by atoms with Crippen LogP contribution >= 0.6 is 23.1 Å². The maximum Gasteiger partial charge on any atom is 0.263 e. The molecule has 2 aromatic heterocycles. The van der Waals surface area contributed by atoms with Gasteiger partial charge in [0.2, 0.25) is 5.91 Å². The van der Waals surface area contributed by atoms with Crippen molar-refractivity contribution in [3.05, 3.63) is 50.6 Å². The number of para-hydroxylation sites is 1. The van der Waals surface area contributed by atoms with Gasteiger partial charge in [-0.3, -0.25) is 14.2 Å². The first-order chi connectivity index (χ1) is 15.4. The van der Waals surface area contributed by atoms with Crippen molar-refractivity contribution in [1.29, 1.82) is 0 Å². The molecule has 32 heavy (non-hydrogen) atoms. The Labute approximate surface area is 193 Å². The van der Waals surface area contributed by atoms with Gasteiger partial charge in [0, 0.05) is 11.4 Å². The molecule has 0 saturated heterocycles. The Bertz CT molecular complexity index is 1200. The summed E-state index contributed by atoms with van der Waals surface area (Å²) >= 11 is 2.69. The third-order valence-electron chi connectivity index (χ3n) is 5.64. The van der Waals surface area contributed by atoms with Crippen LogP contribution in [0.15, 0.2) is 28.2 Å². The number of amides is 1. The highest BCUT2D eigenvalue weighted by molar-refractivity contribution is 8.00. The number of fused-ring (bicyclic) bond motifs is 3. The quantitative estimate of drug-likeness (QED) is 0.263. The van der Waals surface area contributed by atoms with E-state index in [4.69, 9.17) is 4.98 Å². The topological polar surface area (TPSA) is 64.0 Å². The summed E-state index contributed by atoms with van der Waals surface area (Å²) in [5, 5.41) is 2.81. The summed E-state index contributed by atoms with van der Waals surface area (Å²) in [5.74, 6) is -2.22. The largest absolute Gasteiger partial charge is 0.320 e. The van der Waals surface area contributed by atoms with E-state index in [1.807, 2.05) is 0 Å². The SMILES string of the molecule is CCCCCn1c(SC(C)C(=O)Nc2c(F)cccc2F)nc2sc3c(c2c1=O)CCC3. The molecule has 0 bridgehead atoms. The van der Waals surface area contributed by atoms with Crippen LogP contribution in [0.1, 0.15) is 50.0 Å². The van der Waals surface area contributed by atoms with Gasteiger partial charge in [-0.25, -0.2) is 13.8 Å². The van der Waals surface area contributed by atoms with Gasteiger partial charge in [-0.05, 0) is 50.3 Å². The number of aryl methyl sites for hydroxylation is 2. The second-order valence-electron chi connectivity index (χ2n) is 7.94. The lowest BCUT2D eigenvalue weighted by Crippen LogP contribution is -2.27. The summed E-state index contributed by atoms with van der Waals surface area (Å²) in [5.41, 5.74) is 0.605. The first kappa shape index (κ1) is 22.9. The molecule has 170 valence electrons. The number of thioether (sulfide) groups is 1. The van der Waals surface area contributed by atoms with Crippen LogP contribution < -0.4 is 10.9 Å². The number of carbonyl (C=O) groups excluding carboxylic acids is 1. The molecule has 3 aromatic rings. The van der Waals surface area contributed by atoms with Crippen LogP contribution in [0.4, 0.5) is 14.5 Å². The molecule has 2 heterocycles. The molecule has 4 rings (SSSR count). The van der Waals surface area contributed by atoms with Gasteiger partial charge in [0.25, 0.3) is 5.56 Å². The number of thiophene rings is 1. The third-order valence-corrected chi connectivity index (χ3v) is 7.91. The average molecular weight is 478 g/mol. The van der Waals surface area contributed by atoms with Crippen LogP contribution in [-0.4, -0.2) is 20.7 Å². The summed E-state index contributed by atoms with van der Waals surface area (Å²) in [6, 6.07) is 3.42. The Morgan fingerprint density at radius 2 is 2.03 bits per heavy atom. The standard InChI is InChI=1S/C23H25F2N3O2S2/c1-3-4-5-12-28-22(30)18-14-8-6-11-17(14)32-21(18)27-23(28)31-13(2)20(29)26-19-15(24)9-7-10-16(19)25/h7,9-10,13H,3-6,8,11-12H2,1-2H3,(H,26,29). The van der Waals surface area contributed by atoms with Crippen LogP contribution in [-0.2, 0) is 24.2 Å². The smallest absolute Gasteiger partial charge is 0.263 e. The lowest BCUT2D eigenvalue weighted by molar-refractivity contribution is -0.115. The van der Waals surface area contributed by atoms with E-state index in [1.165, 1.54) is 10.9 Å². The van der Waals surface area contributed by atoms with Crippen molar-refractivity contribution in [2.75, 3.05) is 5.32 Å². The van der Waals surface area contributed by atoms with E-state index < -0.39 is 28.5 Å². The second kappa shape index (κ2) is 9.70. The normalized spacial score (nSPS) is 14.0. The van der Waals surface area contributed by atoms with Gasteiger partial charge >= 0.3 is 0 Å². The van der Waals surface area contributed by atoms with Gasteiger partial charge in [-0.15, -0.1) is 11.3 Å². The zero-order valence-electron chi connectivity index (χ0n) is 18.0. The zero-order chi connectivity index (χ0) is 22.8. The van der Waals surface area contributed by atoms with Crippen LogP contribution in [0.3, 0.4) is 0 Å². The van der Waals surface area contributed by atoms with E-state index in [-0.39, 0.29) is 5.56 Å². The van der Waals surface area contributed by atoms with Gasteiger partial charge in [0.1, 0.15) is 22.2 Å². The Kier molecular flexibility index (Phi) is 6.95. The van der Waals surface area contributed by atoms with E-state index >= 15 is 0 Å². The summed E-state index contributed by atoms with van der Waals surface area (Å²) in [7, 11) is 0. The predicted molar refractivity (Wildman–Crippen MR) is 126 cm³/mol. The van der Waals surface area contributed by atoms with E-state index in [0.29, 0.717) is 21.9 Å². The molecule has 1 aliphatic rings. The minimum Gasteiger partial charge on any atom is -0.320 e. The summed E-state index contributed by atoms with van der Waals surface area (Å²) in [6.45, 7) is 4.26. The van der Waals surface area contributed by atoms with Gasteiger partial charge < -0.3 is 5.32 Å². The van der Waals surface area contributed by atoms with Crippen molar-refractivity contribution < 1.29 is 13.6 Å². The molecule has 0 spiro atoms. The first-order valence-electron chi connectivity index (χ1n) is 10.9. The van der Waals surface area contributed by atoms with Crippen molar-refractivity contribution in [2.24, 2.45) is 0 Å². The van der Waals surface area contributed by atoms with Crippen LogP contribution in [0, 0.1) is 11.6 Å².